The second kappa shape index (κ2) is 7.09. The minimum absolute atomic E-state index is 0. The molecule has 0 unspecified atom stereocenters. The van der Waals surface area contributed by atoms with E-state index >= 15 is 0 Å². The Morgan fingerprint density at radius 3 is 2.57 bits per heavy atom. The molecule has 2 N–H and O–H groups in total. The van der Waals surface area contributed by atoms with Gasteiger partial charge in [-0.15, -0.1) is 12.4 Å². The molecule has 8 heteroatoms. The molecule has 1 fully saturated rings. The van der Waals surface area contributed by atoms with Crippen molar-refractivity contribution in [2.24, 2.45) is 0 Å². The fourth-order valence-electron chi connectivity index (χ4n) is 2.09. The van der Waals surface area contributed by atoms with Gasteiger partial charge in [0.2, 0.25) is 5.91 Å². The third kappa shape index (κ3) is 4.57. The molecule has 0 aliphatic carbocycles. The predicted octanol–water partition coefficient (Wildman–Crippen LogP) is 3.35. The summed E-state index contributed by atoms with van der Waals surface area (Å²) in [6.07, 6.45) is -2.18. The second-order valence-corrected chi connectivity index (χ2v) is 4.68. The van der Waals surface area contributed by atoms with Crippen LogP contribution < -0.4 is 10.6 Å². The highest BCUT2D eigenvalue weighted by atomic mass is 35.5. The van der Waals surface area contributed by atoms with E-state index in [1.165, 1.54) is 0 Å². The molecule has 3 nitrogen and oxygen atoms in total. The number of piperidine rings is 1. The first-order valence-electron chi connectivity index (χ1n) is 6.29. The van der Waals surface area contributed by atoms with E-state index in [1.807, 2.05) is 0 Å². The van der Waals surface area contributed by atoms with Gasteiger partial charge in [0.05, 0.1) is 17.3 Å². The Hall–Kier alpha value is -1.34. The highest BCUT2D eigenvalue weighted by Gasteiger charge is 2.31. The lowest BCUT2D eigenvalue weighted by atomic mass is 10.0. The van der Waals surface area contributed by atoms with Crippen LogP contribution >= 0.6 is 12.4 Å². The molecule has 0 radical (unpaired) electrons. The summed E-state index contributed by atoms with van der Waals surface area (Å²) in [5.41, 5.74) is -1.44. The van der Waals surface area contributed by atoms with Crippen LogP contribution in [0.25, 0.3) is 0 Å². The molecular weight excluding hydrogens is 312 g/mol. The van der Waals surface area contributed by atoms with Crippen LogP contribution in [0.2, 0.25) is 0 Å². The molecule has 1 aliphatic rings. The fourth-order valence-corrected chi connectivity index (χ4v) is 2.09. The van der Waals surface area contributed by atoms with Crippen LogP contribution in [0.5, 0.6) is 0 Å². The Balaban J connectivity index is 0.00000220. The molecule has 0 spiro atoms. The van der Waals surface area contributed by atoms with Gasteiger partial charge in [-0.1, -0.05) is 6.42 Å². The minimum Gasteiger partial charge on any atom is -0.322 e. The standard InChI is InChI=1S/C13H14F4N2O.ClH/c14-9-5-4-8(13(15,16)17)7-11(9)19-12(20)10-3-1-2-6-18-10;/h4-5,7,10,18H,1-3,6H2,(H,19,20);1H/t10-;/m1./s1. The number of benzene rings is 1. The van der Waals surface area contributed by atoms with Crippen molar-refractivity contribution >= 4 is 24.0 Å². The van der Waals surface area contributed by atoms with Gasteiger partial charge in [-0.2, -0.15) is 13.2 Å². The molecule has 1 heterocycles. The summed E-state index contributed by atoms with van der Waals surface area (Å²) >= 11 is 0. The normalized spacial score (nSPS) is 18.8. The molecule has 1 aromatic rings. The highest BCUT2D eigenvalue weighted by Crippen LogP contribution is 2.31. The van der Waals surface area contributed by atoms with E-state index < -0.39 is 35.2 Å². The molecular formula is C13H15ClF4N2O. The largest absolute Gasteiger partial charge is 0.416 e. The Kier molecular flexibility index (Phi) is 5.98. The molecule has 1 aromatic carbocycles. The van der Waals surface area contributed by atoms with Gasteiger partial charge in [-0.05, 0) is 37.6 Å². The van der Waals surface area contributed by atoms with E-state index in [2.05, 4.69) is 10.6 Å². The predicted molar refractivity (Wildman–Crippen MR) is 72.9 cm³/mol. The van der Waals surface area contributed by atoms with Gasteiger partial charge < -0.3 is 10.6 Å². The van der Waals surface area contributed by atoms with Crippen molar-refractivity contribution in [3.05, 3.63) is 29.6 Å². The Labute approximate surface area is 125 Å². The minimum atomic E-state index is -4.57. The van der Waals surface area contributed by atoms with Crippen molar-refractivity contribution < 1.29 is 22.4 Å². The van der Waals surface area contributed by atoms with Crippen molar-refractivity contribution in [3.8, 4) is 0 Å². The van der Waals surface area contributed by atoms with E-state index in [-0.39, 0.29) is 12.4 Å². The SMILES string of the molecule is Cl.O=C(Nc1cc(C(F)(F)F)ccc1F)[C@H]1CCCCN1. The summed E-state index contributed by atoms with van der Waals surface area (Å²) in [4.78, 5) is 11.9. The molecule has 0 bridgehead atoms. The van der Waals surface area contributed by atoms with Crippen LogP contribution in [-0.4, -0.2) is 18.5 Å². The van der Waals surface area contributed by atoms with Crippen LogP contribution in [0.3, 0.4) is 0 Å². The summed E-state index contributed by atoms with van der Waals surface area (Å²) in [6.45, 7) is 0.670. The van der Waals surface area contributed by atoms with Crippen LogP contribution in [0.15, 0.2) is 18.2 Å². The zero-order chi connectivity index (χ0) is 14.8. The maximum absolute atomic E-state index is 13.5. The van der Waals surface area contributed by atoms with Crippen molar-refractivity contribution in [2.45, 2.75) is 31.5 Å². The lowest BCUT2D eigenvalue weighted by Gasteiger charge is -2.22. The van der Waals surface area contributed by atoms with Gasteiger partial charge in [0, 0.05) is 0 Å². The first-order valence-corrected chi connectivity index (χ1v) is 6.29. The molecule has 0 saturated carbocycles. The molecule has 21 heavy (non-hydrogen) atoms. The number of hydrogen-bond acceptors (Lipinski definition) is 2. The number of carbonyl (C=O) groups excluding carboxylic acids is 1. The zero-order valence-corrected chi connectivity index (χ0v) is 11.8. The molecule has 118 valence electrons. The van der Waals surface area contributed by atoms with Crippen LogP contribution in [0.4, 0.5) is 23.2 Å². The quantitative estimate of drug-likeness (QED) is 0.818. The van der Waals surface area contributed by atoms with Gasteiger partial charge in [0.15, 0.2) is 0 Å². The first-order chi connectivity index (χ1) is 9.38. The number of rotatable bonds is 2. The number of amides is 1. The Bertz CT molecular complexity index is 501. The molecule has 0 aromatic heterocycles. The van der Waals surface area contributed by atoms with Crippen LogP contribution in [0.1, 0.15) is 24.8 Å². The van der Waals surface area contributed by atoms with E-state index in [9.17, 15) is 22.4 Å². The highest BCUT2D eigenvalue weighted by molar-refractivity contribution is 5.95. The number of halogens is 5. The fraction of sp³-hybridized carbons (Fsp3) is 0.462. The number of hydrogen-bond donors (Lipinski definition) is 2. The summed E-state index contributed by atoms with van der Waals surface area (Å²) in [5.74, 6) is -1.40. The van der Waals surface area contributed by atoms with Crippen molar-refractivity contribution in [1.82, 2.24) is 5.32 Å². The van der Waals surface area contributed by atoms with Crippen molar-refractivity contribution in [1.29, 1.82) is 0 Å². The number of nitrogens with one attached hydrogen (secondary N) is 2. The third-order valence-corrected chi connectivity index (χ3v) is 3.18. The van der Waals surface area contributed by atoms with Crippen LogP contribution in [-0.2, 0) is 11.0 Å². The number of alkyl halides is 3. The van der Waals surface area contributed by atoms with Gasteiger partial charge in [0.1, 0.15) is 5.82 Å². The van der Waals surface area contributed by atoms with E-state index in [0.717, 1.165) is 12.8 Å². The second-order valence-electron chi connectivity index (χ2n) is 4.68. The lowest BCUT2D eigenvalue weighted by Crippen LogP contribution is -2.43. The summed E-state index contributed by atoms with van der Waals surface area (Å²) in [6, 6.07) is 1.46. The molecule has 1 aliphatic heterocycles. The molecule has 1 atom stereocenters. The van der Waals surface area contributed by atoms with Gasteiger partial charge in [0.25, 0.3) is 0 Å². The van der Waals surface area contributed by atoms with Gasteiger partial charge in [-0.25, -0.2) is 4.39 Å². The maximum atomic E-state index is 13.5. The Morgan fingerprint density at radius 2 is 2.00 bits per heavy atom. The first kappa shape index (κ1) is 17.7. The average Bonchev–Trinajstić information content (AvgIpc) is 2.41. The topological polar surface area (TPSA) is 41.1 Å². The summed E-state index contributed by atoms with van der Waals surface area (Å²) < 4.78 is 51.1. The van der Waals surface area contributed by atoms with Gasteiger partial charge in [-0.3, -0.25) is 4.79 Å². The maximum Gasteiger partial charge on any atom is 0.416 e. The van der Waals surface area contributed by atoms with Crippen molar-refractivity contribution in [2.75, 3.05) is 11.9 Å². The van der Waals surface area contributed by atoms with E-state index in [4.69, 9.17) is 0 Å². The summed E-state index contributed by atoms with van der Waals surface area (Å²) in [5, 5.41) is 5.16. The van der Waals surface area contributed by atoms with Crippen molar-refractivity contribution in [3.63, 3.8) is 0 Å². The Morgan fingerprint density at radius 1 is 1.29 bits per heavy atom. The lowest BCUT2D eigenvalue weighted by molar-refractivity contribution is -0.137. The molecule has 2 rings (SSSR count). The third-order valence-electron chi connectivity index (χ3n) is 3.18. The van der Waals surface area contributed by atoms with Crippen LogP contribution in [0, 0.1) is 5.82 Å². The number of carbonyl (C=O) groups is 1. The smallest absolute Gasteiger partial charge is 0.322 e. The average molecular weight is 327 g/mol. The van der Waals surface area contributed by atoms with E-state index in [1.54, 1.807) is 0 Å². The van der Waals surface area contributed by atoms with E-state index in [0.29, 0.717) is 31.2 Å². The molecule has 1 amide bonds. The zero-order valence-electron chi connectivity index (χ0n) is 11.0. The monoisotopic (exact) mass is 326 g/mol. The summed E-state index contributed by atoms with van der Waals surface area (Å²) in [7, 11) is 0. The van der Waals surface area contributed by atoms with Gasteiger partial charge >= 0.3 is 6.18 Å². The molecule has 1 saturated heterocycles. The number of anilines is 1.